The lowest BCUT2D eigenvalue weighted by atomic mass is 10.2. The zero-order chi connectivity index (χ0) is 11.4. The number of hydrogen-bond donors (Lipinski definition) is 0. The summed E-state index contributed by atoms with van der Waals surface area (Å²) in [5.74, 6) is 0. The molecular weight excluding hydrogens is 172 g/mol. The minimum atomic E-state index is 0.0417. The molecule has 0 saturated heterocycles. The number of ether oxygens (including phenoxy) is 1. The van der Waals surface area contributed by atoms with Gasteiger partial charge in [-0.05, 0) is 33.6 Å². The van der Waals surface area contributed by atoms with Gasteiger partial charge in [0.1, 0.15) is 0 Å². The van der Waals surface area contributed by atoms with Crippen molar-refractivity contribution in [3.05, 3.63) is 12.2 Å². The fourth-order valence-electron chi connectivity index (χ4n) is 0.569. The predicted molar refractivity (Wildman–Crippen MR) is 65.7 cm³/mol. The maximum atomic E-state index is 4.94. The zero-order valence-corrected chi connectivity index (χ0v) is 10.9. The van der Waals surface area contributed by atoms with Crippen LogP contribution in [-0.2, 0) is 4.74 Å². The molecule has 0 fully saturated rings. The van der Waals surface area contributed by atoms with Gasteiger partial charge in [-0.15, -0.1) is 0 Å². The predicted octanol–water partition coefficient (Wildman–Crippen LogP) is 4.57. The third-order valence-corrected chi connectivity index (χ3v) is 1.69. The van der Waals surface area contributed by atoms with Gasteiger partial charge in [-0.1, -0.05) is 38.8 Å². The van der Waals surface area contributed by atoms with E-state index in [0.29, 0.717) is 0 Å². The monoisotopic (exact) mass is 200 g/mol. The van der Waals surface area contributed by atoms with Crippen molar-refractivity contribution in [1.82, 2.24) is 0 Å². The third-order valence-electron chi connectivity index (χ3n) is 1.69. The highest BCUT2D eigenvalue weighted by Gasteiger charge is 2.03. The van der Waals surface area contributed by atoms with E-state index in [-0.39, 0.29) is 5.60 Å². The molecule has 0 aromatic carbocycles. The van der Waals surface area contributed by atoms with Crippen LogP contribution in [0, 0.1) is 0 Å². The quantitative estimate of drug-likeness (QED) is 0.604. The van der Waals surface area contributed by atoms with E-state index in [2.05, 4.69) is 26.0 Å². The minimum absolute atomic E-state index is 0.0417. The van der Waals surface area contributed by atoms with Gasteiger partial charge in [-0.3, -0.25) is 0 Å². The Balaban J connectivity index is 0. The Kier molecular flexibility index (Phi) is 12.4. The van der Waals surface area contributed by atoms with Gasteiger partial charge in [0.15, 0.2) is 0 Å². The summed E-state index contributed by atoms with van der Waals surface area (Å²) < 4.78 is 4.94. The molecule has 1 nitrogen and oxygen atoms in total. The Bertz CT molecular complexity index is 112. The molecule has 0 heterocycles. The lowest BCUT2D eigenvalue weighted by molar-refractivity contribution is 0.0397. The third kappa shape index (κ3) is 22.6. The first-order valence-electron chi connectivity index (χ1n) is 5.68. The van der Waals surface area contributed by atoms with Crippen molar-refractivity contribution in [3.8, 4) is 0 Å². The molecule has 0 aliphatic rings. The van der Waals surface area contributed by atoms with Crippen LogP contribution in [-0.4, -0.2) is 12.7 Å². The molecule has 0 aliphatic heterocycles. The van der Waals surface area contributed by atoms with Crippen LogP contribution in [0.1, 0.15) is 60.3 Å². The van der Waals surface area contributed by atoms with E-state index in [9.17, 15) is 0 Å². The van der Waals surface area contributed by atoms with Gasteiger partial charge in [-0.25, -0.2) is 0 Å². The second kappa shape index (κ2) is 10.8. The highest BCUT2D eigenvalue weighted by atomic mass is 16.5. The summed E-state index contributed by atoms with van der Waals surface area (Å²) in [6.07, 6.45) is 9.59. The second-order valence-electron chi connectivity index (χ2n) is 4.37. The number of rotatable bonds is 4. The zero-order valence-electron chi connectivity index (χ0n) is 10.9. The van der Waals surface area contributed by atoms with Crippen LogP contribution in [0.3, 0.4) is 0 Å². The molecular formula is C13H28O. The average Bonchev–Trinajstić information content (AvgIpc) is 2.13. The molecule has 0 radical (unpaired) electrons. The summed E-state index contributed by atoms with van der Waals surface area (Å²) in [4.78, 5) is 0. The Hall–Kier alpha value is -0.300. The van der Waals surface area contributed by atoms with Gasteiger partial charge < -0.3 is 4.74 Å². The highest BCUT2D eigenvalue weighted by molar-refractivity contribution is 4.79. The summed E-state index contributed by atoms with van der Waals surface area (Å²) in [6.45, 7) is 10.5. The van der Waals surface area contributed by atoms with Gasteiger partial charge >= 0.3 is 0 Å². The van der Waals surface area contributed by atoms with Crippen molar-refractivity contribution in [3.63, 3.8) is 0 Å². The molecule has 0 bridgehead atoms. The van der Waals surface area contributed by atoms with Crippen LogP contribution in [0.4, 0.5) is 0 Å². The first kappa shape index (κ1) is 16.1. The topological polar surface area (TPSA) is 9.23 Å². The summed E-state index contributed by atoms with van der Waals surface area (Å²) in [5, 5.41) is 0. The van der Waals surface area contributed by atoms with E-state index in [1.807, 2.05) is 20.8 Å². The summed E-state index contributed by atoms with van der Waals surface area (Å²) in [7, 11) is 1.71. The normalized spacial score (nSPS) is 11.3. The van der Waals surface area contributed by atoms with Gasteiger partial charge in [0.2, 0.25) is 0 Å². The van der Waals surface area contributed by atoms with E-state index in [1.54, 1.807) is 7.11 Å². The molecule has 14 heavy (non-hydrogen) atoms. The van der Waals surface area contributed by atoms with Crippen LogP contribution in [0.25, 0.3) is 0 Å². The number of methoxy groups -OCH3 is 1. The summed E-state index contributed by atoms with van der Waals surface area (Å²) >= 11 is 0. The molecule has 1 heteroatoms. The summed E-state index contributed by atoms with van der Waals surface area (Å²) in [5.41, 5.74) is 0.0417. The largest absolute Gasteiger partial charge is 0.379 e. The van der Waals surface area contributed by atoms with Gasteiger partial charge in [0.05, 0.1) is 5.60 Å². The Morgan fingerprint density at radius 3 is 1.36 bits per heavy atom. The average molecular weight is 200 g/mol. The first-order valence-corrected chi connectivity index (χ1v) is 5.68. The lowest BCUT2D eigenvalue weighted by Gasteiger charge is -2.14. The number of unbranched alkanes of at least 4 members (excludes halogenated alkanes) is 2. The van der Waals surface area contributed by atoms with Crippen molar-refractivity contribution in [2.75, 3.05) is 7.11 Å². The lowest BCUT2D eigenvalue weighted by Crippen LogP contribution is -2.15. The Morgan fingerprint density at radius 2 is 1.21 bits per heavy atom. The van der Waals surface area contributed by atoms with Crippen LogP contribution in [0.2, 0.25) is 0 Å². The molecule has 0 unspecified atom stereocenters. The van der Waals surface area contributed by atoms with Gasteiger partial charge in [-0.2, -0.15) is 0 Å². The van der Waals surface area contributed by atoms with E-state index < -0.39 is 0 Å². The van der Waals surface area contributed by atoms with Crippen molar-refractivity contribution in [2.24, 2.45) is 0 Å². The molecule has 0 amide bonds. The maximum Gasteiger partial charge on any atom is 0.0594 e. The van der Waals surface area contributed by atoms with Crippen molar-refractivity contribution in [1.29, 1.82) is 0 Å². The molecule has 0 aromatic rings. The van der Waals surface area contributed by atoms with E-state index in [4.69, 9.17) is 4.74 Å². The molecule has 0 aliphatic carbocycles. The molecule has 0 atom stereocenters. The Labute approximate surface area is 90.5 Å². The molecule has 0 N–H and O–H groups in total. The fraction of sp³-hybridized carbons (Fsp3) is 0.846. The van der Waals surface area contributed by atoms with Crippen LogP contribution in [0.15, 0.2) is 12.2 Å². The van der Waals surface area contributed by atoms with E-state index >= 15 is 0 Å². The first-order chi connectivity index (χ1) is 6.47. The van der Waals surface area contributed by atoms with Gasteiger partial charge in [0, 0.05) is 7.11 Å². The second-order valence-corrected chi connectivity index (χ2v) is 4.37. The summed E-state index contributed by atoms with van der Waals surface area (Å²) in [6, 6.07) is 0. The SMILES string of the molecule is CCC/C=C/CCC.COC(C)(C)C. The van der Waals surface area contributed by atoms with Gasteiger partial charge in [0.25, 0.3) is 0 Å². The minimum Gasteiger partial charge on any atom is -0.379 e. The molecule has 0 spiro atoms. The molecule has 0 rings (SSSR count). The standard InChI is InChI=1S/C8H16.C5H12O/c1-3-5-7-8-6-4-2;1-5(2,3)6-4/h7-8H,3-6H2,1-2H3;1-4H3/b8-7+;. The van der Waals surface area contributed by atoms with Crippen LogP contribution >= 0.6 is 0 Å². The van der Waals surface area contributed by atoms with E-state index in [0.717, 1.165) is 0 Å². The Morgan fingerprint density at radius 1 is 0.929 bits per heavy atom. The number of hydrogen-bond acceptors (Lipinski definition) is 1. The smallest absolute Gasteiger partial charge is 0.0594 e. The van der Waals surface area contributed by atoms with Crippen molar-refractivity contribution in [2.45, 2.75) is 65.9 Å². The van der Waals surface area contributed by atoms with Crippen molar-refractivity contribution >= 4 is 0 Å². The molecule has 0 saturated carbocycles. The molecule has 86 valence electrons. The highest BCUT2D eigenvalue weighted by Crippen LogP contribution is 2.02. The van der Waals surface area contributed by atoms with Crippen LogP contribution in [0.5, 0.6) is 0 Å². The van der Waals surface area contributed by atoms with E-state index in [1.165, 1.54) is 25.7 Å². The fourth-order valence-corrected chi connectivity index (χ4v) is 0.569. The number of allylic oxidation sites excluding steroid dienone is 2. The molecule has 0 aromatic heterocycles. The van der Waals surface area contributed by atoms with Crippen molar-refractivity contribution < 1.29 is 4.74 Å². The van der Waals surface area contributed by atoms with Crippen LogP contribution < -0.4 is 0 Å². The maximum absolute atomic E-state index is 4.94.